The monoisotopic (exact) mass is 315 g/mol. The van der Waals surface area contributed by atoms with Crippen LogP contribution in [0.1, 0.15) is 12.5 Å². The van der Waals surface area contributed by atoms with Crippen molar-refractivity contribution in [3.05, 3.63) is 53.1 Å². The number of aromatic hydroxyl groups is 2. The van der Waals surface area contributed by atoms with Gasteiger partial charge in [0.05, 0.1) is 5.02 Å². The lowest BCUT2D eigenvalue weighted by molar-refractivity contribution is 0.434. The van der Waals surface area contributed by atoms with Gasteiger partial charge >= 0.3 is 0 Å². The van der Waals surface area contributed by atoms with E-state index in [1.54, 1.807) is 36.4 Å². The summed E-state index contributed by atoms with van der Waals surface area (Å²) >= 11 is 6.19. The summed E-state index contributed by atoms with van der Waals surface area (Å²) in [6.07, 6.45) is 0.715. The number of phenolic OH excluding ortho intramolecular Hbond substituents is 2. The van der Waals surface area contributed by atoms with Gasteiger partial charge in [-0.15, -0.1) is 0 Å². The first-order valence-electron chi connectivity index (χ1n) is 6.87. The van der Waals surface area contributed by atoms with E-state index in [1.165, 1.54) is 6.07 Å². The zero-order valence-corrected chi connectivity index (χ0v) is 12.6. The van der Waals surface area contributed by atoms with Crippen molar-refractivity contribution >= 4 is 11.6 Å². The third kappa shape index (κ3) is 2.53. The number of nitrogens with zero attached hydrogens (tertiary/aromatic N) is 1. The van der Waals surface area contributed by atoms with Crippen molar-refractivity contribution in [1.29, 1.82) is 0 Å². The van der Waals surface area contributed by atoms with Crippen LogP contribution in [0.5, 0.6) is 11.5 Å². The van der Waals surface area contributed by atoms with E-state index >= 15 is 0 Å². The molecular weight excluding hydrogens is 302 g/mol. The van der Waals surface area contributed by atoms with Crippen molar-refractivity contribution in [2.75, 3.05) is 0 Å². The molecular formula is C17H14ClNO3. The largest absolute Gasteiger partial charge is 0.508 e. The van der Waals surface area contributed by atoms with Gasteiger partial charge in [-0.05, 0) is 48.9 Å². The average Bonchev–Trinajstić information content (AvgIpc) is 2.91. The van der Waals surface area contributed by atoms with Crippen LogP contribution in [0.15, 0.2) is 47.0 Å². The van der Waals surface area contributed by atoms with Crippen LogP contribution in [0.25, 0.3) is 22.6 Å². The minimum absolute atomic E-state index is 0.102. The van der Waals surface area contributed by atoms with Crippen molar-refractivity contribution in [2.24, 2.45) is 0 Å². The summed E-state index contributed by atoms with van der Waals surface area (Å²) < 4.78 is 5.50. The van der Waals surface area contributed by atoms with E-state index in [9.17, 15) is 10.2 Å². The van der Waals surface area contributed by atoms with Crippen LogP contribution in [0.4, 0.5) is 0 Å². The third-order valence-corrected chi connectivity index (χ3v) is 3.79. The quantitative estimate of drug-likeness (QED) is 0.739. The fourth-order valence-electron chi connectivity index (χ4n) is 2.38. The molecule has 0 aliphatic rings. The number of halogens is 1. The molecule has 0 saturated carbocycles. The molecule has 2 aromatic carbocycles. The van der Waals surface area contributed by atoms with Gasteiger partial charge < -0.3 is 14.7 Å². The number of hydrogen-bond donors (Lipinski definition) is 2. The van der Waals surface area contributed by atoms with E-state index < -0.39 is 0 Å². The van der Waals surface area contributed by atoms with Gasteiger partial charge in [-0.25, -0.2) is 0 Å². The molecule has 0 aliphatic carbocycles. The SMILES string of the molecule is CCc1c(-c2ccc(O)cc2)noc1-c1ccc(O)cc1Cl. The Morgan fingerprint density at radius 1 is 1.05 bits per heavy atom. The smallest absolute Gasteiger partial charge is 0.172 e. The second-order valence-electron chi connectivity index (χ2n) is 4.90. The Labute approximate surface area is 132 Å². The number of hydrogen-bond acceptors (Lipinski definition) is 4. The van der Waals surface area contributed by atoms with Crippen LogP contribution in [-0.4, -0.2) is 15.4 Å². The van der Waals surface area contributed by atoms with Crippen LogP contribution in [-0.2, 0) is 6.42 Å². The predicted molar refractivity (Wildman–Crippen MR) is 85.1 cm³/mol. The predicted octanol–water partition coefficient (Wildman–Crippen LogP) is 4.64. The van der Waals surface area contributed by atoms with E-state index in [-0.39, 0.29) is 11.5 Å². The zero-order valence-electron chi connectivity index (χ0n) is 11.9. The Balaban J connectivity index is 2.13. The fourth-order valence-corrected chi connectivity index (χ4v) is 2.64. The molecule has 0 saturated heterocycles. The molecule has 0 atom stereocenters. The minimum atomic E-state index is 0.102. The summed E-state index contributed by atoms with van der Waals surface area (Å²) in [5.41, 5.74) is 3.20. The lowest BCUT2D eigenvalue weighted by atomic mass is 10.0. The first-order chi connectivity index (χ1) is 10.6. The van der Waals surface area contributed by atoms with Crippen LogP contribution < -0.4 is 0 Å². The van der Waals surface area contributed by atoms with E-state index in [0.29, 0.717) is 22.8 Å². The maximum Gasteiger partial charge on any atom is 0.172 e. The Hall–Kier alpha value is -2.46. The Morgan fingerprint density at radius 3 is 2.36 bits per heavy atom. The van der Waals surface area contributed by atoms with Crippen molar-refractivity contribution in [2.45, 2.75) is 13.3 Å². The molecule has 0 aliphatic heterocycles. The van der Waals surface area contributed by atoms with Gasteiger partial charge in [-0.1, -0.05) is 23.7 Å². The summed E-state index contributed by atoms with van der Waals surface area (Å²) in [5, 5.41) is 23.4. The van der Waals surface area contributed by atoms with Gasteiger partial charge in [0.2, 0.25) is 0 Å². The first kappa shape index (κ1) is 14.5. The minimum Gasteiger partial charge on any atom is -0.508 e. The number of rotatable bonds is 3. The van der Waals surface area contributed by atoms with Crippen LogP contribution in [0, 0.1) is 0 Å². The summed E-state index contributed by atoms with van der Waals surface area (Å²) in [6.45, 7) is 2.01. The number of aromatic nitrogens is 1. The fraction of sp³-hybridized carbons (Fsp3) is 0.118. The van der Waals surface area contributed by atoms with Gasteiger partial charge in [0.15, 0.2) is 5.76 Å². The first-order valence-corrected chi connectivity index (χ1v) is 7.24. The van der Waals surface area contributed by atoms with E-state index in [4.69, 9.17) is 16.1 Å². The van der Waals surface area contributed by atoms with Crippen molar-refractivity contribution < 1.29 is 14.7 Å². The third-order valence-electron chi connectivity index (χ3n) is 3.48. The molecule has 0 fully saturated rings. The van der Waals surface area contributed by atoms with Crippen molar-refractivity contribution in [1.82, 2.24) is 5.16 Å². The summed E-state index contributed by atoms with van der Waals surface area (Å²) in [4.78, 5) is 0. The summed E-state index contributed by atoms with van der Waals surface area (Å²) in [7, 11) is 0. The number of benzene rings is 2. The molecule has 1 aromatic heterocycles. The van der Waals surface area contributed by atoms with Gasteiger partial charge in [0.25, 0.3) is 0 Å². The molecule has 0 amide bonds. The van der Waals surface area contributed by atoms with Gasteiger partial charge in [-0.2, -0.15) is 0 Å². The zero-order chi connectivity index (χ0) is 15.7. The van der Waals surface area contributed by atoms with E-state index in [2.05, 4.69) is 5.16 Å². The van der Waals surface area contributed by atoms with Gasteiger partial charge in [-0.3, -0.25) is 0 Å². The average molecular weight is 316 g/mol. The molecule has 2 N–H and O–H groups in total. The van der Waals surface area contributed by atoms with Gasteiger partial charge in [0, 0.05) is 16.7 Å². The maximum absolute atomic E-state index is 9.47. The Morgan fingerprint density at radius 2 is 1.73 bits per heavy atom. The molecule has 112 valence electrons. The normalized spacial score (nSPS) is 10.8. The Kier molecular flexibility index (Phi) is 3.77. The molecule has 0 radical (unpaired) electrons. The highest BCUT2D eigenvalue weighted by atomic mass is 35.5. The second kappa shape index (κ2) is 5.73. The second-order valence-corrected chi connectivity index (χ2v) is 5.31. The highest BCUT2D eigenvalue weighted by Gasteiger charge is 2.19. The highest BCUT2D eigenvalue weighted by molar-refractivity contribution is 6.33. The molecule has 3 rings (SSSR count). The Bertz CT molecular complexity index is 809. The molecule has 0 unspecified atom stereocenters. The molecule has 0 spiro atoms. The molecule has 5 heteroatoms. The lowest BCUT2D eigenvalue weighted by Crippen LogP contribution is -1.87. The summed E-state index contributed by atoms with van der Waals surface area (Å²) in [6, 6.07) is 11.5. The molecule has 22 heavy (non-hydrogen) atoms. The molecule has 0 bridgehead atoms. The standard InChI is InChI=1S/C17H14ClNO3/c1-2-13-16(10-3-5-11(20)6-4-10)19-22-17(13)14-8-7-12(21)9-15(14)18/h3-9,20-21H,2H2,1H3. The highest BCUT2D eigenvalue weighted by Crippen LogP contribution is 2.37. The topological polar surface area (TPSA) is 66.5 Å². The lowest BCUT2D eigenvalue weighted by Gasteiger charge is -2.04. The molecule has 4 nitrogen and oxygen atoms in total. The van der Waals surface area contributed by atoms with Crippen LogP contribution in [0.3, 0.4) is 0 Å². The molecule has 1 heterocycles. The van der Waals surface area contributed by atoms with Crippen LogP contribution >= 0.6 is 11.6 Å². The van der Waals surface area contributed by atoms with Gasteiger partial charge in [0.1, 0.15) is 17.2 Å². The van der Waals surface area contributed by atoms with E-state index in [1.807, 2.05) is 6.92 Å². The summed E-state index contributed by atoms with van der Waals surface area (Å²) in [5.74, 6) is 0.896. The van der Waals surface area contributed by atoms with E-state index in [0.717, 1.165) is 16.8 Å². The number of phenols is 2. The molecule has 3 aromatic rings. The maximum atomic E-state index is 9.47. The van der Waals surface area contributed by atoms with Crippen molar-refractivity contribution in [3.8, 4) is 34.1 Å². The van der Waals surface area contributed by atoms with Crippen molar-refractivity contribution in [3.63, 3.8) is 0 Å². The van der Waals surface area contributed by atoms with Crippen LogP contribution in [0.2, 0.25) is 5.02 Å².